The summed E-state index contributed by atoms with van der Waals surface area (Å²) in [5, 5.41) is 3.63. The van der Waals surface area contributed by atoms with E-state index in [9.17, 15) is 19.2 Å². The van der Waals surface area contributed by atoms with Crippen LogP contribution in [-0.2, 0) is 14.3 Å². The van der Waals surface area contributed by atoms with Crippen LogP contribution in [0.2, 0.25) is 0 Å². The van der Waals surface area contributed by atoms with Gasteiger partial charge in [-0.15, -0.1) is 0 Å². The van der Waals surface area contributed by atoms with E-state index in [4.69, 9.17) is 4.74 Å². The maximum absolute atomic E-state index is 14.0. The summed E-state index contributed by atoms with van der Waals surface area (Å²) in [7, 11) is 0. The molecule has 0 spiro atoms. The second-order valence-corrected chi connectivity index (χ2v) is 8.78. The van der Waals surface area contributed by atoms with E-state index in [1.165, 1.54) is 19.1 Å². The van der Waals surface area contributed by atoms with Crippen molar-refractivity contribution in [3.63, 3.8) is 0 Å². The largest absolute Gasteiger partial charge is 0.455 e. The summed E-state index contributed by atoms with van der Waals surface area (Å²) in [4.78, 5) is 58.4. The Balaban J connectivity index is 1.64. The van der Waals surface area contributed by atoms with E-state index in [0.717, 1.165) is 15.8 Å². The number of nitrogens with zero attached hydrogens (tertiary/aromatic N) is 2. The normalized spacial score (nSPS) is 14.3. The van der Waals surface area contributed by atoms with Crippen LogP contribution >= 0.6 is 0 Å². The maximum Gasteiger partial charge on any atom is 0.303 e. The molecule has 0 unspecified atom stereocenters. The van der Waals surface area contributed by atoms with Gasteiger partial charge in [-0.2, -0.15) is 0 Å². The number of hydrogen-bond acceptors (Lipinski definition) is 6. The first-order valence-corrected chi connectivity index (χ1v) is 11.7. The molecular weight excluding hydrogens is 470 g/mol. The second kappa shape index (κ2) is 9.66. The predicted molar refractivity (Wildman–Crippen MR) is 137 cm³/mol. The topological polar surface area (TPSA) is 106 Å². The fraction of sp³-hybridized carbons (Fsp3) is 0.138. The van der Waals surface area contributed by atoms with E-state index in [0.29, 0.717) is 16.8 Å². The molecule has 1 aliphatic heterocycles. The zero-order valence-electron chi connectivity index (χ0n) is 20.2. The number of nitrogens with one attached hydrogen (secondary N) is 1. The third-order valence-corrected chi connectivity index (χ3v) is 6.21. The van der Waals surface area contributed by atoms with Crippen LogP contribution in [0, 0.1) is 6.92 Å². The number of anilines is 1. The Morgan fingerprint density at radius 2 is 1.57 bits per heavy atom. The number of ether oxygens (including phenoxy) is 1. The number of para-hydroxylation sites is 1. The third kappa shape index (κ3) is 4.45. The number of carbonyl (C=O) groups is 4. The molecule has 2 atom stereocenters. The number of pyridine rings is 1. The number of aromatic nitrogens is 1. The molecule has 0 fully saturated rings. The molecule has 2 heterocycles. The van der Waals surface area contributed by atoms with Crippen molar-refractivity contribution >= 4 is 40.3 Å². The van der Waals surface area contributed by atoms with Crippen molar-refractivity contribution in [3.8, 4) is 0 Å². The van der Waals surface area contributed by atoms with Gasteiger partial charge >= 0.3 is 5.97 Å². The smallest absolute Gasteiger partial charge is 0.303 e. The van der Waals surface area contributed by atoms with Crippen molar-refractivity contribution in [3.05, 3.63) is 107 Å². The fourth-order valence-corrected chi connectivity index (χ4v) is 4.60. The van der Waals surface area contributed by atoms with E-state index in [2.05, 4.69) is 10.3 Å². The lowest BCUT2D eigenvalue weighted by molar-refractivity contribution is -0.151. The fourth-order valence-electron chi connectivity index (χ4n) is 4.60. The third-order valence-electron chi connectivity index (χ3n) is 6.21. The molecule has 1 aromatic heterocycles. The molecular formula is C29H23N3O5. The molecule has 1 N–H and O–H groups in total. The van der Waals surface area contributed by atoms with Gasteiger partial charge in [0, 0.05) is 18.5 Å². The van der Waals surface area contributed by atoms with Crippen LogP contribution in [-0.4, -0.2) is 39.6 Å². The van der Waals surface area contributed by atoms with Crippen LogP contribution < -0.4 is 5.32 Å². The number of hydrogen-bond donors (Lipinski definition) is 1. The standard InChI is InChI=1S/C29H23N3O5/c1-17-8-5-10-20(16-17)26(37-18(2)33)25(32-28(35)21-12-3-4-13-22(21)29(32)36)27(34)31-23-14-6-9-19-11-7-15-30-24(19)23/h3-16,25-26H,1-2H3,(H,31,34)/t25-,26-/m0/s1. The molecule has 3 amide bonds. The highest BCUT2D eigenvalue weighted by molar-refractivity contribution is 6.23. The number of imide groups is 1. The van der Waals surface area contributed by atoms with E-state index in [1.54, 1.807) is 54.7 Å². The molecule has 0 saturated heterocycles. The molecule has 0 aliphatic carbocycles. The summed E-state index contributed by atoms with van der Waals surface area (Å²) < 4.78 is 5.65. The van der Waals surface area contributed by atoms with Gasteiger partial charge in [-0.25, -0.2) is 0 Å². The molecule has 0 radical (unpaired) electrons. The predicted octanol–water partition coefficient (Wildman–Crippen LogP) is 4.45. The molecule has 3 aromatic carbocycles. The minimum Gasteiger partial charge on any atom is -0.455 e. The zero-order valence-corrected chi connectivity index (χ0v) is 20.2. The van der Waals surface area contributed by atoms with E-state index >= 15 is 0 Å². The van der Waals surface area contributed by atoms with Gasteiger partial charge in [0.25, 0.3) is 17.7 Å². The summed E-state index contributed by atoms with van der Waals surface area (Å²) >= 11 is 0. The maximum atomic E-state index is 14.0. The number of benzene rings is 3. The van der Waals surface area contributed by atoms with Gasteiger partial charge in [0.2, 0.25) is 0 Å². The molecule has 37 heavy (non-hydrogen) atoms. The Hall–Kier alpha value is -4.85. The summed E-state index contributed by atoms with van der Waals surface area (Å²) in [6, 6.07) is 20.9. The van der Waals surface area contributed by atoms with Crippen molar-refractivity contribution in [1.29, 1.82) is 0 Å². The summed E-state index contributed by atoms with van der Waals surface area (Å²) in [6.45, 7) is 3.07. The lowest BCUT2D eigenvalue weighted by atomic mass is 9.98. The molecule has 8 heteroatoms. The van der Waals surface area contributed by atoms with Gasteiger partial charge in [-0.05, 0) is 36.8 Å². The second-order valence-electron chi connectivity index (χ2n) is 8.78. The number of amides is 3. The number of esters is 1. The van der Waals surface area contributed by atoms with E-state index < -0.39 is 35.8 Å². The SMILES string of the molecule is CC(=O)O[C@@H](c1cccc(C)c1)[C@@H](C(=O)Nc1cccc2cccnc12)N1C(=O)c2ccccc2C1=O. The molecule has 4 aromatic rings. The molecule has 1 aliphatic rings. The highest BCUT2D eigenvalue weighted by Gasteiger charge is 2.48. The first-order chi connectivity index (χ1) is 17.8. The average Bonchev–Trinajstić information content (AvgIpc) is 3.14. The Morgan fingerprint density at radius 3 is 2.24 bits per heavy atom. The Kier molecular flexibility index (Phi) is 6.23. The van der Waals surface area contributed by atoms with Crippen LogP contribution in [0.15, 0.2) is 85.1 Å². The van der Waals surface area contributed by atoms with Crippen molar-refractivity contribution in [2.45, 2.75) is 26.0 Å². The molecule has 0 saturated carbocycles. The molecule has 184 valence electrons. The first kappa shape index (κ1) is 23.9. The number of rotatable bonds is 6. The van der Waals surface area contributed by atoms with Crippen molar-refractivity contribution in [1.82, 2.24) is 9.88 Å². The average molecular weight is 494 g/mol. The van der Waals surface area contributed by atoms with E-state index in [1.807, 2.05) is 25.1 Å². The Bertz CT molecular complexity index is 1520. The minimum atomic E-state index is -1.49. The number of carbonyl (C=O) groups excluding carboxylic acids is 4. The van der Waals surface area contributed by atoms with Crippen LogP contribution in [0.1, 0.15) is 44.9 Å². The Morgan fingerprint density at radius 1 is 0.892 bits per heavy atom. The lowest BCUT2D eigenvalue weighted by Crippen LogP contribution is -2.51. The van der Waals surface area contributed by atoms with Gasteiger partial charge in [0.1, 0.15) is 0 Å². The monoisotopic (exact) mass is 493 g/mol. The summed E-state index contributed by atoms with van der Waals surface area (Å²) in [6.07, 6.45) is 0.358. The van der Waals surface area contributed by atoms with Crippen LogP contribution in [0.5, 0.6) is 0 Å². The van der Waals surface area contributed by atoms with Crippen LogP contribution in [0.4, 0.5) is 5.69 Å². The van der Waals surface area contributed by atoms with Crippen LogP contribution in [0.3, 0.4) is 0 Å². The van der Waals surface area contributed by atoms with Gasteiger partial charge < -0.3 is 10.1 Å². The van der Waals surface area contributed by atoms with Crippen molar-refractivity contribution in [2.24, 2.45) is 0 Å². The summed E-state index contributed by atoms with van der Waals surface area (Å²) in [5.74, 6) is -2.63. The van der Waals surface area contributed by atoms with Crippen LogP contribution in [0.25, 0.3) is 10.9 Å². The van der Waals surface area contributed by atoms with Gasteiger partial charge in [-0.1, -0.05) is 60.2 Å². The highest BCUT2D eigenvalue weighted by Crippen LogP contribution is 2.34. The van der Waals surface area contributed by atoms with E-state index in [-0.39, 0.29) is 11.1 Å². The summed E-state index contributed by atoms with van der Waals surface area (Å²) in [5.41, 5.74) is 2.64. The number of aryl methyl sites for hydroxylation is 1. The first-order valence-electron chi connectivity index (χ1n) is 11.7. The minimum absolute atomic E-state index is 0.183. The Labute approximate surface area is 212 Å². The van der Waals surface area contributed by atoms with Gasteiger partial charge in [0.05, 0.1) is 22.3 Å². The molecule has 0 bridgehead atoms. The molecule has 5 rings (SSSR count). The van der Waals surface area contributed by atoms with Crippen molar-refractivity contribution < 1.29 is 23.9 Å². The van der Waals surface area contributed by atoms with Crippen molar-refractivity contribution in [2.75, 3.05) is 5.32 Å². The number of fused-ring (bicyclic) bond motifs is 2. The quantitative estimate of drug-likeness (QED) is 0.314. The highest BCUT2D eigenvalue weighted by atomic mass is 16.5. The van der Waals surface area contributed by atoms with Gasteiger partial charge in [0.15, 0.2) is 12.1 Å². The lowest BCUT2D eigenvalue weighted by Gasteiger charge is -2.32. The zero-order chi connectivity index (χ0) is 26.1. The van der Waals surface area contributed by atoms with Gasteiger partial charge in [-0.3, -0.25) is 29.1 Å². The molecule has 8 nitrogen and oxygen atoms in total.